The summed E-state index contributed by atoms with van der Waals surface area (Å²) >= 11 is 0. The predicted octanol–water partition coefficient (Wildman–Crippen LogP) is 3.49. The first-order valence-corrected chi connectivity index (χ1v) is 7.15. The Balaban J connectivity index is 2.03. The third-order valence-corrected chi connectivity index (χ3v) is 3.25. The summed E-state index contributed by atoms with van der Waals surface area (Å²) in [7, 11) is 0. The molecule has 2 aromatic rings. The summed E-state index contributed by atoms with van der Waals surface area (Å²) in [4.78, 5) is 24.6. The molecule has 126 valence electrons. The van der Waals surface area contributed by atoms with Crippen molar-refractivity contribution in [2.75, 3.05) is 16.8 Å². The fraction of sp³-hybridized carbons (Fsp3) is 0.176. The molecule has 0 aliphatic carbocycles. The van der Waals surface area contributed by atoms with Crippen molar-refractivity contribution < 1.29 is 22.8 Å². The Hall–Kier alpha value is -2.83. The van der Waals surface area contributed by atoms with Gasteiger partial charge >= 0.3 is 0 Å². The number of benzene rings is 2. The third-order valence-electron chi connectivity index (χ3n) is 3.25. The Morgan fingerprint density at radius 1 is 1.04 bits per heavy atom. The number of hydrogen-bond acceptors (Lipinski definition) is 2. The normalized spacial score (nSPS) is 10.3. The zero-order valence-corrected chi connectivity index (χ0v) is 12.9. The van der Waals surface area contributed by atoms with Gasteiger partial charge < -0.3 is 10.2 Å². The van der Waals surface area contributed by atoms with Gasteiger partial charge in [0.2, 0.25) is 11.8 Å². The molecule has 0 aliphatic heterocycles. The number of amides is 2. The van der Waals surface area contributed by atoms with Crippen LogP contribution in [0.25, 0.3) is 0 Å². The highest BCUT2D eigenvalue weighted by molar-refractivity contribution is 5.94. The van der Waals surface area contributed by atoms with E-state index in [9.17, 15) is 22.8 Å². The van der Waals surface area contributed by atoms with Gasteiger partial charge in [0, 0.05) is 31.6 Å². The molecule has 24 heavy (non-hydrogen) atoms. The lowest BCUT2D eigenvalue weighted by Crippen LogP contribution is -2.32. The summed E-state index contributed by atoms with van der Waals surface area (Å²) in [6.07, 6.45) is -0.132. The van der Waals surface area contributed by atoms with E-state index in [4.69, 9.17) is 0 Å². The fourth-order valence-corrected chi connectivity index (χ4v) is 2.15. The number of nitrogens with one attached hydrogen (secondary N) is 1. The highest BCUT2D eigenvalue weighted by Gasteiger charge is 2.17. The number of anilines is 2. The van der Waals surface area contributed by atoms with Gasteiger partial charge in [-0.25, -0.2) is 13.2 Å². The molecule has 0 aliphatic rings. The molecule has 0 aromatic heterocycles. The van der Waals surface area contributed by atoms with E-state index in [-0.39, 0.29) is 24.3 Å². The van der Waals surface area contributed by atoms with Gasteiger partial charge in [0.1, 0.15) is 17.5 Å². The first-order valence-electron chi connectivity index (χ1n) is 7.15. The lowest BCUT2D eigenvalue weighted by molar-refractivity contribution is -0.117. The Morgan fingerprint density at radius 3 is 2.38 bits per heavy atom. The minimum Gasteiger partial charge on any atom is -0.326 e. The minimum atomic E-state index is -0.893. The second-order valence-corrected chi connectivity index (χ2v) is 5.07. The highest BCUT2D eigenvalue weighted by atomic mass is 19.1. The van der Waals surface area contributed by atoms with Crippen molar-refractivity contribution in [3.05, 3.63) is 59.9 Å². The predicted molar refractivity (Wildman–Crippen MR) is 84.0 cm³/mol. The Labute approximate surface area is 136 Å². The van der Waals surface area contributed by atoms with E-state index in [0.717, 1.165) is 23.1 Å². The zero-order chi connectivity index (χ0) is 17.7. The number of halogens is 3. The van der Waals surface area contributed by atoms with Gasteiger partial charge in [-0.3, -0.25) is 9.59 Å². The molecule has 0 unspecified atom stereocenters. The van der Waals surface area contributed by atoms with Crippen molar-refractivity contribution in [1.82, 2.24) is 0 Å². The lowest BCUT2D eigenvalue weighted by atomic mass is 10.2. The van der Waals surface area contributed by atoms with E-state index in [0.29, 0.717) is 6.07 Å². The summed E-state index contributed by atoms with van der Waals surface area (Å²) < 4.78 is 39.8. The maximum Gasteiger partial charge on any atom is 0.226 e. The van der Waals surface area contributed by atoms with Crippen LogP contribution >= 0.6 is 0 Å². The van der Waals surface area contributed by atoms with Crippen molar-refractivity contribution >= 4 is 23.2 Å². The van der Waals surface area contributed by atoms with Gasteiger partial charge in [0.15, 0.2) is 0 Å². The Bertz CT molecular complexity index is 765. The Kier molecular flexibility index (Phi) is 5.57. The maximum atomic E-state index is 13.8. The molecule has 0 saturated heterocycles. The van der Waals surface area contributed by atoms with Crippen LogP contribution in [0.3, 0.4) is 0 Å². The third kappa shape index (κ3) is 4.58. The molecule has 0 spiro atoms. The van der Waals surface area contributed by atoms with Crippen molar-refractivity contribution in [3.63, 3.8) is 0 Å². The number of hydrogen-bond donors (Lipinski definition) is 1. The van der Waals surface area contributed by atoms with Crippen LogP contribution in [0.1, 0.15) is 13.3 Å². The quantitative estimate of drug-likeness (QED) is 0.909. The molecule has 0 heterocycles. The number of nitrogens with zero attached hydrogens (tertiary/aromatic N) is 1. The average molecular weight is 336 g/mol. The summed E-state index contributed by atoms with van der Waals surface area (Å²) in [6, 6.07) is 8.19. The molecule has 0 saturated carbocycles. The van der Waals surface area contributed by atoms with Crippen molar-refractivity contribution in [3.8, 4) is 0 Å². The molecular formula is C17H15F3N2O2. The van der Waals surface area contributed by atoms with Gasteiger partial charge in [-0.05, 0) is 30.3 Å². The second kappa shape index (κ2) is 7.63. The molecule has 2 rings (SSSR count). The molecule has 7 heteroatoms. The van der Waals surface area contributed by atoms with Gasteiger partial charge in [-0.1, -0.05) is 6.07 Å². The zero-order valence-electron chi connectivity index (χ0n) is 12.9. The molecule has 1 N–H and O–H groups in total. The van der Waals surface area contributed by atoms with Crippen LogP contribution in [-0.4, -0.2) is 18.4 Å². The molecule has 0 fully saturated rings. The fourth-order valence-electron chi connectivity index (χ4n) is 2.15. The largest absolute Gasteiger partial charge is 0.326 e. The average Bonchev–Trinajstić information content (AvgIpc) is 2.49. The number of carbonyl (C=O) groups is 2. The maximum absolute atomic E-state index is 13.8. The first-order chi connectivity index (χ1) is 11.4. The molecule has 4 nitrogen and oxygen atoms in total. The highest BCUT2D eigenvalue weighted by Crippen LogP contribution is 2.21. The first kappa shape index (κ1) is 17.5. The topological polar surface area (TPSA) is 49.4 Å². The van der Waals surface area contributed by atoms with E-state index in [2.05, 4.69) is 5.32 Å². The van der Waals surface area contributed by atoms with Crippen LogP contribution in [0, 0.1) is 17.5 Å². The monoisotopic (exact) mass is 336 g/mol. The van der Waals surface area contributed by atoms with Crippen molar-refractivity contribution in [2.45, 2.75) is 13.3 Å². The standard InChI is InChI=1S/C17H15F3N2O2/c1-11(23)22(16-6-5-13(19)10-15(16)20)8-7-17(24)21-14-4-2-3-12(18)9-14/h2-6,9-10H,7-8H2,1H3,(H,21,24). The SMILES string of the molecule is CC(=O)N(CCC(=O)Nc1cccc(F)c1)c1ccc(F)cc1F. The molecular weight excluding hydrogens is 321 g/mol. The summed E-state index contributed by atoms with van der Waals surface area (Å²) in [5.41, 5.74) is 0.171. The van der Waals surface area contributed by atoms with Crippen LogP contribution in [-0.2, 0) is 9.59 Å². The number of rotatable bonds is 5. The van der Waals surface area contributed by atoms with E-state index in [1.54, 1.807) is 0 Å². The molecule has 2 amide bonds. The molecule has 0 bridgehead atoms. The smallest absolute Gasteiger partial charge is 0.226 e. The van der Waals surface area contributed by atoms with Gasteiger partial charge in [0.25, 0.3) is 0 Å². The summed E-state index contributed by atoms with van der Waals surface area (Å²) in [5.74, 6) is -3.10. The number of carbonyl (C=O) groups excluding carboxylic acids is 2. The van der Waals surface area contributed by atoms with Gasteiger partial charge in [-0.15, -0.1) is 0 Å². The van der Waals surface area contributed by atoms with Gasteiger partial charge in [-0.2, -0.15) is 0 Å². The Morgan fingerprint density at radius 2 is 1.75 bits per heavy atom. The van der Waals surface area contributed by atoms with Gasteiger partial charge in [0.05, 0.1) is 5.69 Å². The van der Waals surface area contributed by atoms with Crippen LogP contribution in [0.5, 0.6) is 0 Å². The molecule has 2 aromatic carbocycles. The van der Waals surface area contributed by atoms with Crippen LogP contribution in [0.4, 0.5) is 24.5 Å². The van der Waals surface area contributed by atoms with Crippen molar-refractivity contribution in [2.24, 2.45) is 0 Å². The molecule has 0 radical (unpaired) electrons. The molecule has 0 atom stereocenters. The van der Waals surface area contributed by atoms with E-state index in [1.165, 1.54) is 25.1 Å². The summed E-state index contributed by atoms with van der Waals surface area (Å²) in [5, 5.41) is 2.48. The van der Waals surface area contributed by atoms with E-state index >= 15 is 0 Å². The van der Waals surface area contributed by atoms with E-state index < -0.39 is 29.3 Å². The van der Waals surface area contributed by atoms with Crippen LogP contribution < -0.4 is 10.2 Å². The summed E-state index contributed by atoms with van der Waals surface area (Å²) in [6.45, 7) is 1.12. The second-order valence-electron chi connectivity index (χ2n) is 5.07. The van der Waals surface area contributed by atoms with Crippen LogP contribution in [0.15, 0.2) is 42.5 Å². The minimum absolute atomic E-state index is 0.0982. The van der Waals surface area contributed by atoms with E-state index in [1.807, 2.05) is 0 Å². The van der Waals surface area contributed by atoms with Crippen LogP contribution in [0.2, 0.25) is 0 Å². The van der Waals surface area contributed by atoms with Crippen molar-refractivity contribution in [1.29, 1.82) is 0 Å². The lowest BCUT2D eigenvalue weighted by Gasteiger charge is -2.21.